The van der Waals surface area contributed by atoms with Crippen molar-refractivity contribution in [3.05, 3.63) is 0 Å². The lowest BCUT2D eigenvalue weighted by Crippen LogP contribution is -2.30. The summed E-state index contributed by atoms with van der Waals surface area (Å²) in [6, 6.07) is 0.633. The molecule has 0 rings (SSSR count). The minimum absolute atomic E-state index is 0.389. The quantitative estimate of drug-likeness (QED) is 0.608. The van der Waals surface area contributed by atoms with Crippen LogP contribution in [0.1, 0.15) is 39.5 Å². The summed E-state index contributed by atoms with van der Waals surface area (Å²) in [5.41, 5.74) is 0. The summed E-state index contributed by atoms with van der Waals surface area (Å²) in [7, 11) is 2.15. The van der Waals surface area contributed by atoms with Crippen molar-refractivity contribution in [2.24, 2.45) is 0 Å². The summed E-state index contributed by atoms with van der Waals surface area (Å²) in [5.74, 6) is 1.61. The molecule has 0 saturated carbocycles. The van der Waals surface area contributed by atoms with Gasteiger partial charge in [-0.05, 0) is 45.4 Å². The van der Waals surface area contributed by atoms with E-state index in [2.05, 4.69) is 25.1 Å². The van der Waals surface area contributed by atoms with Crippen LogP contribution in [0.2, 0.25) is 0 Å². The van der Waals surface area contributed by atoms with Gasteiger partial charge in [0, 0.05) is 18.9 Å². The van der Waals surface area contributed by atoms with Gasteiger partial charge in [0.1, 0.15) is 5.78 Å². The standard InChI is InChI=1S/C12H25NOS/c1-5-12(14)7-6-9-13(3)11(2)8-10-15-4/h11H,5-10H2,1-4H3. The number of ketones is 1. The van der Waals surface area contributed by atoms with Gasteiger partial charge in [-0.3, -0.25) is 4.79 Å². The van der Waals surface area contributed by atoms with E-state index in [0.29, 0.717) is 18.2 Å². The second-order valence-corrected chi connectivity index (χ2v) is 5.09. The smallest absolute Gasteiger partial charge is 0.132 e. The summed E-state index contributed by atoms with van der Waals surface area (Å²) >= 11 is 1.90. The lowest BCUT2D eigenvalue weighted by Gasteiger charge is -2.24. The van der Waals surface area contributed by atoms with Crippen molar-refractivity contribution >= 4 is 17.5 Å². The predicted molar refractivity (Wildman–Crippen MR) is 69.6 cm³/mol. The molecule has 0 bridgehead atoms. The van der Waals surface area contributed by atoms with E-state index < -0.39 is 0 Å². The summed E-state index contributed by atoms with van der Waals surface area (Å²) in [6.07, 6.45) is 5.82. The van der Waals surface area contributed by atoms with Gasteiger partial charge in [-0.15, -0.1) is 0 Å². The molecule has 0 aromatic carbocycles. The number of carbonyl (C=O) groups excluding carboxylic acids is 1. The Morgan fingerprint density at radius 2 is 2.13 bits per heavy atom. The molecular weight excluding hydrogens is 206 g/mol. The molecule has 15 heavy (non-hydrogen) atoms. The van der Waals surface area contributed by atoms with Crippen LogP contribution in [0, 0.1) is 0 Å². The first-order valence-electron chi connectivity index (χ1n) is 5.82. The molecule has 0 saturated heterocycles. The molecule has 90 valence electrons. The summed E-state index contributed by atoms with van der Waals surface area (Å²) in [5, 5.41) is 0. The highest BCUT2D eigenvalue weighted by Crippen LogP contribution is 2.07. The largest absolute Gasteiger partial charge is 0.304 e. The zero-order valence-electron chi connectivity index (χ0n) is 10.6. The van der Waals surface area contributed by atoms with E-state index in [4.69, 9.17) is 0 Å². The van der Waals surface area contributed by atoms with E-state index in [1.54, 1.807) is 0 Å². The topological polar surface area (TPSA) is 20.3 Å². The van der Waals surface area contributed by atoms with Crippen molar-refractivity contribution in [3.63, 3.8) is 0 Å². The van der Waals surface area contributed by atoms with Gasteiger partial charge in [0.2, 0.25) is 0 Å². The third kappa shape index (κ3) is 7.86. The fourth-order valence-corrected chi connectivity index (χ4v) is 2.01. The highest BCUT2D eigenvalue weighted by Gasteiger charge is 2.08. The van der Waals surface area contributed by atoms with Gasteiger partial charge >= 0.3 is 0 Å². The van der Waals surface area contributed by atoms with Crippen molar-refractivity contribution in [1.29, 1.82) is 0 Å². The summed E-state index contributed by atoms with van der Waals surface area (Å²) in [4.78, 5) is 13.5. The van der Waals surface area contributed by atoms with Gasteiger partial charge in [-0.25, -0.2) is 0 Å². The van der Waals surface area contributed by atoms with Crippen LogP contribution in [-0.2, 0) is 4.79 Å². The normalized spacial score (nSPS) is 13.1. The molecule has 0 aliphatic heterocycles. The van der Waals surface area contributed by atoms with Crippen LogP contribution >= 0.6 is 11.8 Å². The van der Waals surface area contributed by atoms with E-state index in [1.165, 1.54) is 12.2 Å². The predicted octanol–water partition coefficient (Wildman–Crippen LogP) is 2.82. The molecule has 0 radical (unpaired) electrons. The van der Waals surface area contributed by atoms with Crippen LogP contribution in [-0.4, -0.2) is 42.3 Å². The molecule has 0 aliphatic rings. The highest BCUT2D eigenvalue weighted by atomic mass is 32.2. The lowest BCUT2D eigenvalue weighted by molar-refractivity contribution is -0.118. The number of carbonyl (C=O) groups is 1. The monoisotopic (exact) mass is 231 g/mol. The maximum Gasteiger partial charge on any atom is 0.132 e. The molecule has 3 heteroatoms. The minimum Gasteiger partial charge on any atom is -0.304 e. The number of hydrogen-bond donors (Lipinski definition) is 0. The van der Waals surface area contributed by atoms with Crippen molar-refractivity contribution < 1.29 is 4.79 Å². The van der Waals surface area contributed by atoms with E-state index in [0.717, 1.165) is 19.4 Å². The average molecular weight is 231 g/mol. The second-order valence-electron chi connectivity index (χ2n) is 4.11. The highest BCUT2D eigenvalue weighted by molar-refractivity contribution is 7.98. The first-order valence-corrected chi connectivity index (χ1v) is 7.22. The third-order valence-electron chi connectivity index (χ3n) is 2.85. The zero-order chi connectivity index (χ0) is 11.7. The molecule has 1 unspecified atom stereocenters. The molecule has 0 aliphatic carbocycles. The molecule has 0 heterocycles. The molecule has 0 aromatic rings. The molecule has 0 spiro atoms. The van der Waals surface area contributed by atoms with Crippen molar-refractivity contribution in [2.45, 2.75) is 45.6 Å². The maximum atomic E-state index is 11.1. The van der Waals surface area contributed by atoms with Crippen molar-refractivity contribution in [2.75, 3.05) is 25.6 Å². The van der Waals surface area contributed by atoms with Gasteiger partial charge < -0.3 is 4.90 Å². The third-order valence-corrected chi connectivity index (χ3v) is 3.50. The Labute approximate surface area is 98.8 Å². The Morgan fingerprint density at radius 3 is 2.67 bits per heavy atom. The van der Waals surface area contributed by atoms with Gasteiger partial charge in [0.15, 0.2) is 0 Å². The Bertz CT molecular complexity index is 173. The zero-order valence-corrected chi connectivity index (χ0v) is 11.4. The van der Waals surface area contributed by atoms with Crippen molar-refractivity contribution in [1.82, 2.24) is 4.90 Å². The summed E-state index contributed by atoms with van der Waals surface area (Å²) < 4.78 is 0. The summed E-state index contributed by atoms with van der Waals surface area (Å²) in [6.45, 7) is 5.24. The molecule has 0 N–H and O–H groups in total. The number of nitrogens with zero attached hydrogens (tertiary/aromatic N) is 1. The molecule has 1 atom stereocenters. The maximum absolute atomic E-state index is 11.1. The Kier molecular flexibility index (Phi) is 9.21. The molecular formula is C12H25NOS. The Morgan fingerprint density at radius 1 is 1.47 bits per heavy atom. The Balaban J connectivity index is 3.54. The fraction of sp³-hybridized carbons (Fsp3) is 0.917. The van der Waals surface area contributed by atoms with Gasteiger partial charge in [0.05, 0.1) is 0 Å². The van der Waals surface area contributed by atoms with Gasteiger partial charge in [-0.2, -0.15) is 11.8 Å². The number of thioether (sulfide) groups is 1. The minimum atomic E-state index is 0.389. The first-order chi connectivity index (χ1) is 7.11. The molecule has 0 aromatic heterocycles. The van der Waals surface area contributed by atoms with E-state index in [9.17, 15) is 4.79 Å². The van der Waals surface area contributed by atoms with Crippen LogP contribution in [0.15, 0.2) is 0 Å². The van der Waals surface area contributed by atoms with E-state index >= 15 is 0 Å². The van der Waals surface area contributed by atoms with Crippen LogP contribution in [0.3, 0.4) is 0 Å². The first kappa shape index (κ1) is 15.0. The number of hydrogen-bond acceptors (Lipinski definition) is 3. The fourth-order valence-electron chi connectivity index (χ4n) is 1.43. The second kappa shape index (κ2) is 9.22. The number of rotatable bonds is 9. The van der Waals surface area contributed by atoms with Crippen LogP contribution in [0.4, 0.5) is 0 Å². The van der Waals surface area contributed by atoms with Crippen LogP contribution in [0.25, 0.3) is 0 Å². The lowest BCUT2D eigenvalue weighted by atomic mass is 10.1. The van der Waals surface area contributed by atoms with Crippen LogP contribution < -0.4 is 0 Å². The van der Waals surface area contributed by atoms with Crippen molar-refractivity contribution in [3.8, 4) is 0 Å². The van der Waals surface area contributed by atoms with Gasteiger partial charge in [0.25, 0.3) is 0 Å². The Hall–Kier alpha value is -0.0200. The van der Waals surface area contributed by atoms with Crippen LogP contribution in [0.5, 0.6) is 0 Å². The molecule has 2 nitrogen and oxygen atoms in total. The molecule has 0 fully saturated rings. The van der Waals surface area contributed by atoms with Gasteiger partial charge in [-0.1, -0.05) is 6.92 Å². The molecule has 0 amide bonds. The van der Waals surface area contributed by atoms with E-state index in [1.807, 2.05) is 18.7 Å². The number of Topliss-reactive ketones (excluding diaryl/α,β-unsaturated/α-hetero) is 1. The van der Waals surface area contributed by atoms with E-state index in [-0.39, 0.29) is 0 Å². The average Bonchev–Trinajstić information content (AvgIpc) is 2.25. The SMILES string of the molecule is CCC(=O)CCCN(C)C(C)CCSC.